The molecule has 1 unspecified atom stereocenters. The van der Waals surface area contributed by atoms with Crippen LogP contribution in [-0.4, -0.2) is 55.0 Å². The molecule has 1 heterocycles. The van der Waals surface area contributed by atoms with Crippen molar-refractivity contribution in [2.24, 2.45) is 5.73 Å². The molecule has 0 radical (unpaired) electrons. The van der Waals surface area contributed by atoms with E-state index in [-0.39, 0.29) is 18.0 Å². The number of carbonyl (C=O) groups is 1. The molecule has 1 amide bonds. The van der Waals surface area contributed by atoms with Crippen molar-refractivity contribution >= 4 is 5.91 Å². The normalized spacial score (nSPS) is 25.3. The molecular formula is C9H19N3O. The van der Waals surface area contributed by atoms with E-state index in [1.54, 1.807) is 0 Å². The van der Waals surface area contributed by atoms with Crippen molar-refractivity contribution in [3.63, 3.8) is 0 Å². The number of hydrogen-bond donors (Lipinski definition) is 1. The smallest absolute Gasteiger partial charge is 0.239 e. The van der Waals surface area contributed by atoms with Crippen LogP contribution < -0.4 is 5.73 Å². The van der Waals surface area contributed by atoms with E-state index in [0.29, 0.717) is 0 Å². The highest BCUT2D eigenvalue weighted by Crippen LogP contribution is 2.09. The Balaban J connectivity index is 2.48. The fraction of sp³-hybridized carbons (Fsp3) is 0.889. The molecule has 0 aromatic carbocycles. The zero-order chi connectivity index (χ0) is 10.0. The molecule has 1 fully saturated rings. The first-order valence-corrected chi connectivity index (χ1v) is 4.73. The molecule has 0 aromatic heterocycles. The zero-order valence-electron chi connectivity index (χ0n) is 8.66. The molecule has 13 heavy (non-hydrogen) atoms. The standard InChI is InChI=1S/C9H19N3O/c1-7(11(2)3)9(13)12-5-4-8(10)6-12/h7-8H,4-6,10H2,1-3H3/t7-,8?/m0/s1. The Morgan fingerprint density at radius 2 is 2.23 bits per heavy atom. The monoisotopic (exact) mass is 185 g/mol. The molecule has 0 aromatic rings. The van der Waals surface area contributed by atoms with Gasteiger partial charge in [-0.05, 0) is 27.4 Å². The molecule has 1 rings (SSSR count). The summed E-state index contributed by atoms with van der Waals surface area (Å²) in [5, 5.41) is 0. The van der Waals surface area contributed by atoms with Gasteiger partial charge in [0.1, 0.15) is 0 Å². The Morgan fingerprint density at radius 1 is 1.62 bits per heavy atom. The van der Waals surface area contributed by atoms with Crippen LogP contribution in [0.2, 0.25) is 0 Å². The van der Waals surface area contributed by atoms with Crippen molar-refractivity contribution in [2.75, 3.05) is 27.2 Å². The van der Waals surface area contributed by atoms with E-state index in [0.717, 1.165) is 19.5 Å². The van der Waals surface area contributed by atoms with Crippen LogP contribution in [0.3, 0.4) is 0 Å². The van der Waals surface area contributed by atoms with Crippen molar-refractivity contribution in [1.82, 2.24) is 9.80 Å². The molecule has 0 saturated carbocycles. The van der Waals surface area contributed by atoms with E-state index >= 15 is 0 Å². The topological polar surface area (TPSA) is 49.6 Å². The Kier molecular flexibility index (Phi) is 3.27. The zero-order valence-corrected chi connectivity index (χ0v) is 8.66. The maximum absolute atomic E-state index is 11.8. The van der Waals surface area contributed by atoms with Crippen molar-refractivity contribution < 1.29 is 4.79 Å². The van der Waals surface area contributed by atoms with Crippen molar-refractivity contribution in [3.8, 4) is 0 Å². The second-order valence-corrected chi connectivity index (χ2v) is 3.97. The second kappa shape index (κ2) is 4.07. The van der Waals surface area contributed by atoms with Gasteiger partial charge in [0.2, 0.25) is 5.91 Å². The highest BCUT2D eigenvalue weighted by Gasteiger charge is 2.27. The molecule has 1 saturated heterocycles. The lowest BCUT2D eigenvalue weighted by molar-refractivity contribution is -0.134. The Bertz CT molecular complexity index is 193. The summed E-state index contributed by atoms with van der Waals surface area (Å²) in [6, 6.07) is 0.142. The van der Waals surface area contributed by atoms with Gasteiger partial charge in [0, 0.05) is 19.1 Å². The molecule has 4 nitrogen and oxygen atoms in total. The average Bonchev–Trinajstić information content (AvgIpc) is 2.49. The molecule has 1 aliphatic rings. The van der Waals surface area contributed by atoms with E-state index in [4.69, 9.17) is 5.73 Å². The number of likely N-dealkylation sites (N-methyl/N-ethyl adjacent to an activating group) is 1. The van der Waals surface area contributed by atoms with Crippen molar-refractivity contribution in [3.05, 3.63) is 0 Å². The Hall–Kier alpha value is -0.610. The quantitative estimate of drug-likeness (QED) is 0.631. The highest BCUT2D eigenvalue weighted by atomic mass is 16.2. The third-order valence-corrected chi connectivity index (χ3v) is 2.67. The fourth-order valence-corrected chi connectivity index (χ4v) is 1.47. The number of nitrogens with two attached hydrogens (primary N) is 1. The maximum Gasteiger partial charge on any atom is 0.239 e. The largest absolute Gasteiger partial charge is 0.340 e. The van der Waals surface area contributed by atoms with Crippen LogP contribution in [0.15, 0.2) is 0 Å². The lowest BCUT2D eigenvalue weighted by Gasteiger charge is -2.24. The van der Waals surface area contributed by atoms with Crippen LogP contribution in [0.1, 0.15) is 13.3 Å². The number of rotatable bonds is 2. The summed E-state index contributed by atoms with van der Waals surface area (Å²) in [4.78, 5) is 15.5. The highest BCUT2D eigenvalue weighted by molar-refractivity contribution is 5.81. The predicted molar refractivity (Wildman–Crippen MR) is 52.3 cm³/mol. The minimum absolute atomic E-state index is 0.0368. The van der Waals surface area contributed by atoms with Crippen LogP contribution in [-0.2, 0) is 4.79 Å². The minimum atomic E-state index is -0.0368. The van der Waals surface area contributed by atoms with Gasteiger partial charge in [0.15, 0.2) is 0 Å². The predicted octanol–water partition coefficient (Wildman–Crippen LogP) is -0.504. The first kappa shape index (κ1) is 10.5. The fourth-order valence-electron chi connectivity index (χ4n) is 1.47. The minimum Gasteiger partial charge on any atom is -0.340 e. The van der Waals surface area contributed by atoms with Gasteiger partial charge < -0.3 is 10.6 Å². The lowest BCUT2D eigenvalue weighted by Crippen LogP contribution is -2.44. The van der Waals surface area contributed by atoms with E-state index in [1.165, 1.54) is 0 Å². The van der Waals surface area contributed by atoms with Crippen LogP contribution in [0.5, 0.6) is 0 Å². The summed E-state index contributed by atoms with van der Waals surface area (Å²) in [7, 11) is 3.83. The molecule has 1 aliphatic heterocycles. The lowest BCUT2D eigenvalue weighted by atomic mass is 10.3. The van der Waals surface area contributed by atoms with Gasteiger partial charge in [-0.15, -0.1) is 0 Å². The molecular weight excluding hydrogens is 166 g/mol. The van der Waals surface area contributed by atoms with Gasteiger partial charge in [-0.2, -0.15) is 0 Å². The number of likely N-dealkylation sites (tertiary alicyclic amines) is 1. The number of nitrogens with zero attached hydrogens (tertiary/aromatic N) is 2. The van der Waals surface area contributed by atoms with Gasteiger partial charge >= 0.3 is 0 Å². The summed E-state index contributed by atoms with van der Waals surface area (Å²) in [5.74, 6) is 0.193. The first-order valence-electron chi connectivity index (χ1n) is 4.73. The van der Waals surface area contributed by atoms with Crippen molar-refractivity contribution in [2.45, 2.75) is 25.4 Å². The van der Waals surface area contributed by atoms with E-state index < -0.39 is 0 Å². The summed E-state index contributed by atoms with van der Waals surface area (Å²) in [6.07, 6.45) is 0.936. The van der Waals surface area contributed by atoms with Crippen LogP contribution in [0, 0.1) is 0 Å². The third-order valence-electron chi connectivity index (χ3n) is 2.67. The van der Waals surface area contributed by atoms with Gasteiger partial charge in [0.05, 0.1) is 6.04 Å². The van der Waals surface area contributed by atoms with Crippen LogP contribution >= 0.6 is 0 Å². The summed E-state index contributed by atoms with van der Waals surface area (Å²) >= 11 is 0. The van der Waals surface area contributed by atoms with E-state index in [9.17, 15) is 4.79 Å². The number of amides is 1. The summed E-state index contributed by atoms with van der Waals surface area (Å²) in [5.41, 5.74) is 5.73. The van der Waals surface area contributed by atoms with E-state index in [1.807, 2.05) is 30.8 Å². The first-order chi connectivity index (χ1) is 6.02. The van der Waals surface area contributed by atoms with Gasteiger partial charge in [-0.25, -0.2) is 0 Å². The molecule has 0 bridgehead atoms. The molecule has 76 valence electrons. The molecule has 4 heteroatoms. The summed E-state index contributed by atoms with van der Waals surface area (Å²) in [6.45, 7) is 3.46. The summed E-state index contributed by atoms with van der Waals surface area (Å²) < 4.78 is 0. The number of hydrogen-bond acceptors (Lipinski definition) is 3. The second-order valence-electron chi connectivity index (χ2n) is 3.97. The number of carbonyl (C=O) groups excluding carboxylic acids is 1. The van der Waals surface area contributed by atoms with Crippen LogP contribution in [0.4, 0.5) is 0 Å². The van der Waals surface area contributed by atoms with Crippen LogP contribution in [0.25, 0.3) is 0 Å². The molecule has 0 aliphatic carbocycles. The molecule has 2 atom stereocenters. The Morgan fingerprint density at radius 3 is 2.62 bits per heavy atom. The third kappa shape index (κ3) is 2.42. The van der Waals surface area contributed by atoms with Crippen molar-refractivity contribution in [1.29, 1.82) is 0 Å². The van der Waals surface area contributed by atoms with Gasteiger partial charge in [-0.1, -0.05) is 0 Å². The SMILES string of the molecule is C[C@@H](C(=O)N1CCC(N)C1)N(C)C. The van der Waals surface area contributed by atoms with E-state index in [2.05, 4.69) is 0 Å². The van der Waals surface area contributed by atoms with Gasteiger partial charge in [0.25, 0.3) is 0 Å². The average molecular weight is 185 g/mol. The Labute approximate surface area is 79.7 Å². The maximum atomic E-state index is 11.8. The van der Waals surface area contributed by atoms with Gasteiger partial charge in [-0.3, -0.25) is 9.69 Å². The molecule has 2 N–H and O–H groups in total. The molecule has 0 spiro atoms.